The quantitative estimate of drug-likeness (QED) is 0.330. The van der Waals surface area contributed by atoms with E-state index in [2.05, 4.69) is 5.32 Å². The van der Waals surface area contributed by atoms with Crippen LogP contribution in [0.15, 0.2) is 18.2 Å². The average molecular weight is 559 g/mol. The largest absolute Gasteiger partial charge is 0.493 e. The highest BCUT2D eigenvalue weighted by atomic mass is 16.5. The Morgan fingerprint density at radius 1 is 1.07 bits per heavy atom. The van der Waals surface area contributed by atoms with Crippen molar-refractivity contribution in [3.8, 4) is 11.5 Å². The van der Waals surface area contributed by atoms with Gasteiger partial charge in [0, 0.05) is 76.9 Å². The standard InChI is InChI=1S/C30H46N4O6/c1-21(2)33(30(37)22-8-11-26(39-4)27(15-22)40-14-6-13-38-3)18-23-16-31-17-24(23)19-34(25-9-10-25)29(36)20-32-12-5-7-28(32)35/h8,11,15,21,23-25,31H,5-7,9-10,12-14,16-20H2,1-4H3/t23-,24+/m0/s1. The number of hydrogen-bond donors (Lipinski definition) is 1. The smallest absolute Gasteiger partial charge is 0.254 e. The van der Waals surface area contributed by atoms with Crippen LogP contribution in [-0.4, -0.2) is 111 Å². The molecule has 0 unspecified atom stereocenters. The number of rotatable bonds is 15. The summed E-state index contributed by atoms with van der Waals surface area (Å²) in [5.41, 5.74) is 0.559. The van der Waals surface area contributed by atoms with Gasteiger partial charge in [-0.1, -0.05) is 0 Å². The van der Waals surface area contributed by atoms with Crippen molar-refractivity contribution in [3.05, 3.63) is 23.8 Å². The number of amides is 3. The number of methoxy groups -OCH3 is 2. The summed E-state index contributed by atoms with van der Waals surface area (Å²) < 4.78 is 16.5. The summed E-state index contributed by atoms with van der Waals surface area (Å²) in [5, 5.41) is 3.50. The molecule has 222 valence electrons. The summed E-state index contributed by atoms with van der Waals surface area (Å²) in [7, 11) is 3.24. The first-order valence-corrected chi connectivity index (χ1v) is 14.7. The first kappa shape index (κ1) is 30.1. The normalized spacial score (nSPS) is 20.7. The number of likely N-dealkylation sites (tertiary alicyclic amines) is 1. The Hall–Kier alpha value is -2.85. The van der Waals surface area contributed by atoms with Crippen LogP contribution in [-0.2, 0) is 14.3 Å². The molecule has 1 aromatic rings. The lowest BCUT2D eigenvalue weighted by Crippen LogP contribution is -2.47. The minimum atomic E-state index is -0.0484. The zero-order chi connectivity index (χ0) is 28.6. The molecule has 4 rings (SSSR count). The van der Waals surface area contributed by atoms with Crippen molar-refractivity contribution in [1.82, 2.24) is 20.0 Å². The predicted molar refractivity (Wildman–Crippen MR) is 152 cm³/mol. The van der Waals surface area contributed by atoms with Crippen molar-refractivity contribution in [2.45, 2.75) is 58.0 Å². The molecular weight excluding hydrogens is 512 g/mol. The van der Waals surface area contributed by atoms with Gasteiger partial charge in [-0.2, -0.15) is 0 Å². The second-order valence-corrected chi connectivity index (χ2v) is 11.5. The molecule has 10 nitrogen and oxygen atoms in total. The molecule has 1 aliphatic carbocycles. The zero-order valence-corrected chi connectivity index (χ0v) is 24.5. The van der Waals surface area contributed by atoms with Gasteiger partial charge in [-0.15, -0.1) is 0 Å². The number of nitrogens with zero attached hydrogens (tertiary/aromatic N) is 3. The molecule has 2 atom stereocenters. The van der Waals surface area contributed by atoms with Gasteiger partial charge in [0.05, 0.1) is 20.3 Å². The lowest BCUT2D eigenvalue weighted by molar-refractivity contribution is -0.139. The molecule has 1 N–H and O–H groups in total. The van der Waals surface area contributed by atoms with E-state index in [1.165, 1.54) is 0 Å². The predicted octanol–water partition coefficient (Wildman–Crippen LogP) is 2.41. The number of carbonyl (C=O) groups excluding carboxylic acids is 3. The fourth-order valence-electron chi connectivity index (χ4n) is 5.69. The lowest BCUT2D eigenvalue weighted by atomic mass is 9.93. The Balaban J connectivity index is 1.42. The molecule has 1 aromatic carbocycles. The fourth-order valence-corrected chi connectivity index (χ4v) is 5.69. The van der Waals surface area contributed by atoms with Crippen LogP contribution in [0.25, 0.3) is 0 Å². The van der Waals surface area contributed by atoms with Gasteiger partial charge in [0.2, 0.25) is 11.8 Å². The van der Waals surface area contributed by atoms with E-state index >= 15 is 0 Å². The Morgan fingerprint density at radius 2 is 1.82 bits per heavy atom. The average Bonchev–Trinajstić information content (AvgIpc) is 3.56. The maximum Gasteiger partial charge on any atom is 0.254 e. The molecule has 1 saturated carbocycles. The van der Waals surface area contributed by atoms with Crippen molar-refractivity contribution >= 4 is 17.7 Å². The number of ether oxygens (including phenoxy) is 3. The molecule has 2 aliphatic heterocycles. The summed E-state index contributed by atoms with van der Waals surface area (Å²) in [4.78, 5) is 44.8. The van der Waals surface area contributed by atoms with Crippen LogP contribution >= 0.6 is 0 Å². The topological polar surface area (TPSA) is 101 Å². The Labute approximate surface area is 238 Å². The molecule has 2 heterocycles. The minimum Gasteiger partial charge on any atom is -0.493 e. The lowest BCUT2D eigenvalue weighted by Gasteiger charge is -2.34. The SMILES string of the molecule is COCCCOc1cc(C(=O)N(C[C@@H]2CNC[C@@H]2CN(C(=O)CN2CCCC2=O)C2CC2)C(C)C)ccc1OC. The van der Waals surface area contributed by atoms with Gasteiger partial charge in [0.25, 0.3) is 5.91 Å². The number of nitrogens with one attached hydrogen (secondary N) is 1. The molecule has 10 heteroatoms. The van der Waals surface area contributed by atoms with Crippen LogP contribution in [0.1, 0.15) is 56.3 Å². The van der Waals surface area contributed by atoms with Crippen LogP contribution in [0.4, 0.5) is 0 Å². The van der Waals surface area contributed by atoms with Gasteiger partial charge in [-0.05, 0) is 63.1 Å². The van der Waals surface area contributed by atoms with Crippen LogP contribution in [0.2, 0.25) is 0 Å². The third-order valence-corrected chi connectivity index (χ3v) is 8.19. The summed E-state index contributed by atoms with van der Waals surface area (Å²) in [5.74, 6) is 1.68. The number of benzene rings is 1. The maximum atomic E-state index is 13.8. The highest BCUT2D eigenvalue weighted by Gasteiger charge is 2.39. The van der Waals surface area contributed by atoms with Crippen molar-refractivity contribution in [3.63, 3.8) is 0 Å². The van der Waals surface area contributed by atoms with Crippen molar-refractivity contribution in [1.29, 1.82) is 0 Å². The Bertz CT molecular complexity index is 1030. The highest BCUT2D eigenvalue weighted by molar-refractivity contribution is 5.95. The first-order valence-electron chi connectivity index (χ1n) is 14.7. The molecule has 0 aromatic heterocycles. The van der Waals surface area contributed by atoms with Gasteiger partial charge in [-0.3, -0.25) is 14.4 Å². The van der Waals surface area contributed by atoms with Gasteiger partial charge >= 0.3 is 0 Å². The third kappa shape index (κ3) is 7.66. The second-order valence-electron chi connectivity index (χ2n) is 11.5. The van der Waals surface area contributed by atoms with Gasteiger partial charge in [0.15, 0.2) is 11.5 Å². The number of hydrogen-bond acceptors (Lipinski definition) is 7. The van der Waals surface area contributed by atoms with Crippen LogP contribution in [0.5, 0.6) is 11.5 Å². The van der Waals surface area contributed by atoms with Crippen LogP contribution in [0, 0.1) is 11.8 Å². The Morgan fingerprint density at radius 3 is 2.45 bits per heavy atom. The van der Waals surface area contributed by atoms with E-state index < -0.39 is 0 Å². The monoisotopic (exact) mass is 558 g/mol. The van der Waals surface area contributed by atoms with Crippen LogP contribution < -0.4 is 14.8 Å². The van der Waals surface area contributed by atoms with E-state index in [1.807, 2.05) is 23.6 Å². The van der Waals surface area contributed by atoms with Crippen molar-refractivity contribution in [2.24, 2.45) is 11.8 Å². The summed E-state index contributed by atoms with van der Waals surface area (Å²) >= 11 is 0. The van der Waals surface area contributed by atoms with Gasteiger partial charge in [0.1, 0.15) is 0 Å². The van der Waals surface area contributed by atoms with E-state index in [0.717, 1.165) is 38.8 Å². The maximum absolute atomic E-state index is 13.8. The Kier molecular flexibility index (Phi) is 10.7. The van der Waals surface area contributed by atoms with E-state index in [0.29, 0.717) is 56.3 Å². The van der Waals surface area contributed by atoms with E-state index in [1.54, 1.807) is 37.3 Å². The summed E-state index contributed by atoms with van der Waals surface area (Å²) in [6, 6.07) is 5.61. The van der Waals surface area contributed by atoms with E-state index in [9.17, 15) is 14.4 Å². The van der Waals surface area contributed by atoms with E-state index in [-0.39, 0.29) is 48.2 Å². The zero-order valence-electron chi connectivity index (χ0n) is 24.5. The first-order chi connectivity index (χ1) is 19.3. The number of carbonyl (C=O) groups is 3. The molecular formula is C30H46N4O6. The third-order valence-electron chi connectivity index (χ3n) is 8.19. The summed E-state index contributed by atoms with van der Waals surface area (Å²) in [6.45, 7) is 8.86. The second kappa shape index (κ2) is 14.2. The summed E-state index contributed by atoms with van der Waals surface area (Å²) in [6.07, 6.45) is 4.16. The molecule has 3 amide bonds. The highest BCUT2D eigenvalue weighted by Crippen LogP contribution is 2.32. The molecule has 0 spiro atoms. The molecule has 0 radical (unpaired) electrons. The minimum absolute atomic E-state index is 0.00395. The van der Waals surface area contributed by atoms with Crippen molar-refractivity contribution < 1.29 is 28.6 Å². The fraction of sp³-hybridized carbons (Fsp3) is 0.700. The molecule has 0 bridgehead atoms. The van der Waals surface area contributed by atoms with Crippen molar-refractivity contribution in [2.75, 3.05) is 66.7 Å². The van der Waals surface area contributed by atoms with Gasteiger partial charge in [-0.25, -0.2) is 0 Å². The molecule has 3 aliphatic rings. The molecule has 40 heavy (non-hydrogen) atoms. The van der Waals surface area contributed by atoms with Crippen LogP contribution in [0.3, 0.4) is 0 Å². The van der Waals surface area contributed by atoms with Gasteiger partial charge < -0.3 is 34.2 Å². The van der Waals surface area contributed by atoms with E-state index in [4.69, 9.17) is 14.2 Å². The molecule has 2 saturated heterocycles. The molecule has 3 fully saturated rings.